The average Bonchev–Trinajstić information content (AvgIpc) is 3.43. The van der Waals surface area contributed by atoms with Crippen LogP contribution >= 0.6 is 11.3 Å². The summed E-state index contributed by atoms with van der Waals surface area (Å²) in [5.74, 6) is 1.61. The lowest BCUT2D eigenvalue weighted by molar-refractivity contribution is 0.0727. The van der Waals surface area contributed by atoms with Gasteiger partial charge in [-0.25, -0.2) is 4.68 Å². The molecule has 0 radical (unpaired) electrons. The van der Waals surface area contributed by atoms with Gasteiger partial charge < -0.3 is 14.7 Å². The van der Waals surface area contributed by atoms with Crippen LogP contribution in [0.2, 0.25) is 0 Å². The molecular weight excluding hydrogens is 418 g/mol. The number of hydrogen-bond acceptors (Lipinski definition) is 5. The Bertz CT molecular complexity index is 1020. The van der Waals surface area contributed by atoms with E-state index >= 15 is 0 Å². The maximum atomic E-state index is 13.4. The van der Waals surface area contributed by atoms with E-state index in [4.69, 9.17) is 5.10 Å². The summed E-state index contributed by atoms with van der Waals surface area (Å²) in [4.78, 5) is 20.9. The number of aryl methyl sites for hydroxylation is 1. The van der Waals surface area contributed by atoms with Crippen LogP contribution in [0.3, 0.4) is 0 Å². The third-order valence-corrected chi connectivity index (χ3v) is 6.77. The summed E-state index contributed by atoms with van der Waals surface area (Å²) < 4.78 is 2.07. The Morgan fingerprint density at radius 1 is 1.09 bits per heavy atom. The molecular formula is C25H33N5OS. The van der Waals surface area contributed by atoms with Crippen LogP contribution in [0, 0.1) is 12.8 Å². The highest BCUT2D eigenvalue weighted by Crippen LogP contribution is 2.30. The number of piperazine rings is 1. The molecule has 1 saturated heterocycles. The van der Waals surface area contributed by atoms with E-state index in [1.807, 2.05) is 40.6 Å². The number of thiophene rings is 1. The molecule has 0 N–H and O–H groups in total. The molecule has 1 fully saturated rings. The smallest absolute Gasteiger partial charge is 0.264 e. The Labute approximate surface area is 195 Å². The number of amides is 1. The second-order valence-corrected chi connectivity index (χ2v) is 9.93. The lowest BCUT2D eigenvalue weighted by atomic mass is 10.1. The van der Waals surface area contributed by atoms with Crippen molar-refractivity contribution >= 4 is 23.1 Å². The second kappa shape index (κ2) is 9.88. The molecule has 0 unspecified atom stereocenters. The number of carbonyl (C=O) groups is 1. The van der Waals surface area contributed by atoms with Gasteiger partial charge in [-0.05, 0) is 43.5 Å². The summed E-state index contributed by atoms with van der Waals surface area (Å²) in [5.41, 5.74) is 3.18. The molecule has 1 aliphatic rings. The minimum atomic E-state index is 0.102. The van der Waals surface area contributed by atoms with Crippen LogP contribution in [0.5, 0.6) is 0 Å². The van der Waals surface area contributed by atoms with Crippen LogP contribution in [0.1, 0.15) is 34.8 Å². The molecule has 32 heavy (non-hydrogen) atoms. The number of carbonyl (C=O) groups excluding carboxylic acids is 1. The second-order valence-electron chi connectivity index (χ2n) is 8.98. The van der Waals surface area contributed by atoms with E-state index < -0.39 is 0 Å². The Kier molecular flexibility index (Phi) is 6.96. The van der Waals surface area contributed by atoms with Crippen molar-refractivity contribution in [2.45, 2.75) is 27.3 Å². The molecule has 1 aromatic carbocycles. The first-order valence-corrected chi connectivity index (χ1v) is 12.2. The standard InChI is InChI=1S/C25H33N5OS/c1-19(2)17-29(25(31)23-11-8-16-32-23)18-22-20(3)26-30(21-9-6-5-7-10-21)24(22)28-14-12-27(4)13-15-28/h5-11,16,19H,12-15,17-18H2,1-4H3. The van der Waals surface area contributed by atoms with Crippen LogP contribution in [-0.2, 0) is 6.54 Å². The highest BCUT2D eigenvalue weighted by molar-refractivity contribution is 7.12. The van der Waals surface area contributed by atoms with Crippen LogP contribution in [0.25, 0.3) is 5.69 Å². The van der Waals surface area contributed by atoms with E-state index in [0.717, 1.165) is 60.4 Å². The van der Waals surface area contributed by atoms with Crippen molar-refractivity contribution in [2.75, 3.05) is 44.7 Å². The molecule has 0 saturated carbocycles. The number of nitrogens with zero attached hydrogens (tertiary/aromatic N) is 5. The number of rotatable bonds is 7. The van der Waals surface area contributed by atoms with Crippen molar-refractivity contribution in [1.82, 2.24) is 19.6 Å². The van der Waals surface area contributed by atoms with Gasteiger partial charge in [0.1, 0.15) is 5.82 Å². The number of hydrogen-bond donors (Lipinski definition) is 0. The fourth-order valence-electron chi connectivity index (χ4n) is 4.23. The normalized spacial score (nSPS) is 14.8. The number of aromatic nitrogens is 2. The molecule has 0 atom stereocenters. The fourth-order valence-corrected chi connectivity index (χ4v) is 4.92. The average molecular weight is 452 g/mol. The maximum absolute atomic E-state index is 13.4. The predicted molar refractivity (Wildman–Crippen MR) is 132 cm³/mol. The van der Waals surface area contributed by atoms with Crippen molar-refractivity contribution in [1.29, 1.82) is 0 Å². The SMILES string of the molecule is Cc1nn(-c2ccccc2)c(N2CCN(C)CC2)c1CN(CC(C)C)C(=O)c1cccs1. The van der Waals surface area contributed by atoms with Crippen molar-refractivity contribution in [2.24, 2.45) is 5.92 Å². The lowest BCUT2D eigenvalue weighted by Crippen LogP contribution is -2.45. The first kappa shape index (κ1) is 22.6. The molecule has 0 bridgehead atoms. The van der Waals surface area contributed by atoms with E-state index in [1.54, 1.807) is 0 Å². The fraction of sp³-hybridized carbons (Fsp3) is 0.440. The maximum Gasteiger partial charge on any atom is 0.264 e. The van der Waals surface area contributed by atoms with Crippen LogP contribution in [-0.4, -0.2) is 65.3 Å². The molecule has 3 heterocycles. The van der Waals surface area contributed by atoms with E-state index in [-0.39, 0.29) is 5.91 Å². The first-order valence-electron chi connectivity index (χ1n) is 11.3. The summed E-state index contributed by atoms with van der Waals surface area (Å²) in [6, 6.07) is 14.2. The molecule has 0 spiro atoms. The summed E-state index contributed by atoms with van der Waals surface area (Å²) in [5, 5.41) is 6.92. The molecule has 1 aliphatic heterocycles. The van der Waals surface area contributed by atoms with Gasteiger partial charge in [-0.2, -0.15) is 5.10 Å². The summed E-state index contributed by atoms with van der Waals surface area (Å²) >= 11 is 1.51. The van der Waals surface area contributed by atoms with Crippen LogP contribution in [0.15, 0.2) is 47.8 Å². The van der Waals surface area contributed by atoms with Crippen molar-refractivity contribution in [3.63, 3.8) is 0 Å². The van der Waals surface area contributed by atoms with Gasteiger partial charge in [0.25, 0.3) is 5.91 Å². The highest BCUT2D eigenvalue weighted by atomic mass is 32.1. The molecule has 2 aromatic heterocycles. The minimum Gasteiger partial charge on any atom is -0.354 e. The largest absolute Gasteiger partial charge is 0.354 e. The van der Waals surface area contributed by atoms with Gasteiger partial charge in [0, 0.05) is 38.3 Å². The Morgan fingerprint density at radius 3 is 2.44 bits per heavy atom. The van der Waals surface area contributed by atoms with Gasteiger partial charge in [0.05, 0.1) is 22.8 Å². The highest BCUT2D eigenvalue weighted by Gasteiger charge is 2.28. The molecule has 7 heteroatoms. The molecule has 6 nitrogen and oxygen atoms in total. The Balaban J connectivity index is 1.74. The zero-order valence-electron chi connectivity index (χ0n) is 19.5. The molecule has 1 amide bonds. The monoisotopic (exact) mass is 451 g/mol. The summed E-state index contributed by atoms with van der Waals surface area (Å²) in [7, 11) is 2.17. The molecule has 3 aromatic rings. The van der Waals surface area contributed by atoms with E-state index in [2.05, 4.69) is 54.4 Å². The molecule has 170 valence electrons. The first-order chi connectivity index (χ1) is 15.4. The van der Waals surface area contributed by atoms with Gasteiger partial charge in [-0.3, -0.25) is 4.79 Å². The van der Waals surface area contributed by atoms with Crippen LogP contribution < -0.4 is 4.90 Å². The van der Waals surface area contributed by atoms with Gasteiger partial charge in [0.15, 0.2) is 0 Å². The Morgan fingerprint density at radius 2 is 1.81 bits per heavy atom. The topological polar surface area (TPSA) is 44.6 Å². The third-order valence-electron chi connectivity index (χ3n) is 5.91. The predicted octanol–water partition coefficient (Wildman–Crippen LogP) is 4.29. The number of likely N-dealkylation sites (N-methyl/N-ethyl adjacent to an activating group) is 1. The quantitative estimate of drug-likeness (QED) is 0.538. The van der Waals surface area contributed by atoms with Gasteiger partial charge in [-0.15, -0.1) is 11.3 Å². The third kappa shape index (κ3) is 4.89. The number of benzene rings is 1. The lowest BCUT2D eigenvalue weighted by Gasteiger charge is -2.35. The van der Waals surface area contributed by atoms with E-state index in [0.29, 0.717) is 12.5 Å². The van der Waals surface area contributed by atoms with Crippen molar-refractivity contribution < 1.29 is 4.79 Å². The van der Waals surface area contributed by atoms with Crippen LogP contribution in [0.4, 0.5) is 5.82 Å². The summed E-state index contributed by atoms with van der Waals surface area (Å²) in [6.45, 7) is 11.6. The molecule has 0 aliphatic carbocycles. The van der Waals surface area contributed by atoms with Gasteiger partial charge in [0.2, 0.25) is 0 Å². The van der Waals surface area contributed by atoms with E-state index in [9.17, 15) is 4.79 Å². The molecule has 4 rings (SSSR count). The number of anilines is 1. The van der Waals surface area contributed by atoms with E-state index in [1.165, 1.54) is 11.3 Å². The summed E-state index contributed by atoms with van der Waals surface area (Å²) in [6.07, 6.45) is 0. The zero-order chi connectivity index (χ0) is 22.7. The van der Waals surface area contributed by atoms with Crippen molar-refractivity contribution in [3.05, 3.63) is 64.0 Å². The van der Waals surface area contributed by atoms with Crippen molar-refractivity contribution in [3.8, 4) is 5.69 Å². The van der Waals surface area contributed by atoms with Gasteiger partial charge >= 0.3 is 0 Å². The zero-order valence-corrected chi connectivity index (χ0v) is 20.3. The number of para-hydroxylation sites is 1. The van der Waals surface area contributed by atoms with Gasteiger partial charge in [-0.1, -0.05) is 38.1 Å². The Hall–Kier alpha value is -2.64. The minimum absolute atomic E-state index is 0.102.